The van der Waals surface area contributed by atoms with Crippen molar-refractivity contribution in [2.45, 2.75) is 25.2 Å². The van der Waals surface area contributed by atoms with Gasteiger partial charge in [0.1, 0.15) is 12.7 Å². The minimum atomic E-state index is -1.34. The lowest BCUT2D eigenvalue weighted by Crippen LogP contribution is -2.47. The van der Waals surface area contributed by atoms with E-state index < -0.39 is 48.8 Å². The van der Waals surface area contributed by atoms with Crippen LogP contribution in [0.4, 0.5) is 0 Å². The Labute approximate surface area is 237 Å². The summed E-state index contributed by atoms with van der Waals surface area (Å²) in [5.74, 6) is -2.83. The van der Waals surface area contributed by atoms with Gasteiger partial charge >= 0.3 is 23.9 Å². The van der Waals surface area contributed by atoms with Crippen LogP contribution in [0.25, 0.3) is 0 Å². The van der Waals surface area contributed by atoms with Crippen molar-refractivity contribution in [1.29, 1.82) is 0 Å². The van der Waals surface area contributed by atoms with Crippen LogP contribution in [0, 0.1) is 0 Å². The summed E-state index contributed by atoms with van der Waals surface area (Å²) in [7, 11) is 0. The molecular formula is C33H28O8. The largest absolute Gasteiger partial charge is 0.458 e. The smallest absolute Gasteiger partial charge is 0.338 e. The summed E-state index contributed by atoms with van der Waals surface area (Å²) in [6.45, 7) is 1.03. The fourth-order valence-electron chi connectivity index (χ4n) is 3.91. The monoisotopic (exact) mass is 552 g/mol. The molecule has 0 aliphatic rings. The van der Waals surface area contributed by atoms with Crippen LogP contribution in [0.3, 0.4) is 0 Å². The highest BCUT2D eigenvalue weighted by atomic mass is 16.6. The second-order valence-corrected chi connectivity index (χ2v) is 8.99. The number of carbonyl (C=O) groups is 4. The molecule has 0 radical (unpaired) electrons. The zero-order valence-corrected chi connectivity index (χ0v) is 22.3. The summed E-state index contributed by atoms with van der Waals surface area (Å²) in [5.41, 5.74) is 1.02. The maximum atomic E-state index is 13.1. The standard InChI is InChI=1S/C33H28O8/c1-23(39-31(35)25-16-8-3-9-17-25)29(41-33(37)27-20-12-5-13-21-27)28(40-32(36)26-18-10-4-11-19-26)22-38-30(34)24-14-6-2-7-15-24/h2-21,23,28-29H,22H2,1H3. The number of benzene rings is 4. The van der Waals surface area contributed by atoms with Gasteiger partial charge in [-0.1, -0.05) is 72.8 Å². The summed E-state index contributed by atoms with van der Waals surface area (Å²) in [5, 5.41) is 0. The Hall–Kier alpha value is -5.24. The number of esters is 4. The summed E-state index contributed by atoms with van der Waals surface area (Å²) in [6, 6.07) is 32.9. The van der Waals surface area contributed by atoms with Gasteiger partial charge < -0.3 is 18.9 Å². The van der Waals surface area contributed by atoms with E-state index in [2.05, 4.69) is 0 Å². The molecule has 0 fully saturated rings. The molecule has 0 N–H and O–H groups in total. The predicted molar refractivity (Wildman–Crippen MR) is 149 cm³/mol. The van der Waals surface area contributed by atoms with Gasteiger partial charge in [-0.05, 0) is 55.5 Å². The molecule has 0 bridgehead atoms. The van der Waals surface area contributed by atoms with Crippen molar-refractivity contribution in [2.24, 2.45) is 0 Å². The van der Waals surface area contributed by atoms with Crippen LogP contribution in [0.5, 0.6) is 0 Å². The molecule has 3 unspecified atom stereocenters. The Morgan fingerprint density at radius 2 is 0.829 bits per heavy atom. The Morgan fingerprint density at radius 1 is 0.488 bits per heavy atom. The quantitative estimate of drug-likeness (QED) is 0.176. The molecule has 0 aliphatic heterocycles. The first kappa shape index (κ1) is 28.8. The van der Waals surface area contributed by atoms with Crippen molar-refractivity contribution in [2.75, 3.05) is 6.61 Å². The lowest BCUT2D eigenvalue weighted by molar-refractivity contribution is -0.0969. The van der Waals surface area contributed by atoms with E-state index in [9.17, 15) is 19.2 Å². The van der Waals surface area contributed by atoms with Crippen LogP contribution < -0.4 is 0 Å². The van der Waals surface area contributed by atoms with E-state index >= 15 is 0 Å². The van der Waals surface area contributed by atoms with Crippen molar-refractivity contribution < 1.29 is 38.1 Å². The molecule has 0 saturated heterocycles. The van der Waals surface area contributed by atoms with Crippen molar-refractivity contribution in [3.63, 3.8) is 0 Å². The first-order chi connectivity index (χ1) is 19.9. The summed E-state index contributed by atoms with van der Waals surface area (Å²) in [4.78, 5) is 51.8. The highest BCUT2D eigenvalue weighted by molar-refractivity contribution is 5.91. The number of ether oxygens (including phenoxy) is 4. The van der Waals surface area contributed by atoms with Crippen LogP contribution in [0.15, 0.2) is 121 Å². The third-order valence-corrected chi connectivity index (χ3v) is 6.04. The lowest BCUT2D eigenvalue weighted by Gasteiger charge is -2.30. The Kier molecular flexibility index (Phi) is 9.98. The third kappa shape index (κ3) is 8.12. The van der Waals surface area contributed by atoms with Crippen molar-refractivity contribution in [1.82, 2.24) is 0 Å². The second-order valence-electron chi connectivity index (χ2n) is 8.99. The highest BCUT2D eigenvalue weighted by Crippen LogP contribution is 2.20. The molecule has 0 heterocycles. The molecule has 3 atom stereocenters. The van der Waals surface area contributed by atoms with Gasteiger partial charge in [0.15, 0.2) is 12.2 Å². The number of rotatable bonds is 11. The van der Waals surface area contributed by atoms with Crippen molar-refractivity contribution in [3.8, 4) is 0 Å². The van der Waals surface area contributed by atoms with Crippen molar-refractivity contribution >= 4 is 23.9 Å². The van der Waals surface area contributed by atoms with Crippen molar-refractivity contribution in [3.05, 3.63) is 144 Å². The molecule has 8 heteroatoms. The molecule has 4 aromatic carbocycles. The Morgan fingerprint density at radius 3 is 1.24 bits per heavy atom. The first-order valence-corrected chi connectivity index (χ1v) is 12.9. The summed E-state index contributed by atoms with van der Waals surface area (Å²) < 4.78 is 22.7. The average Bonchev–Trinajstić information content (AvgIpc) is 3.03. The Bertz CT molecular complexity index is 1440. The molecule has 0 aromatic heterocycles. The predicted octanol–water partition coefficient (Wildman–Crippen LogP) is 5.54. The maximum Gasteiger partial charge on any atom is 0.338 e. The fourth-order valence-corrected chi connectivity index (χ4v) is 3.91. The van der Waals surface area contributed by atoms with E-state index in [1.165, 1.54) is 6.92 Å². The van der Waals surface area contributed by atoms with Crippen LogP contribution in [-0.2, 0) is 18.9 Å². The molecule has 4 rings (SSSR count). The topological polar surface area (TPSA) is 105 Å². The molecule has 0 amide bonds. The van der Waals surface area contributed by atoms with Gasteiger partial charge in [-0.15, -0.1) is 0 Å². The zero-order valence-electron chi connectivity index (χ0n) is 22.3. The molecule has 0 aliphatic carbocycles. The lowest BCUT2D eigenvalue weighted by atomic mass is 10.1. The first-order valence-electron chi connectivity index (χ1n) is 12.9. The van der Waals surface area contributed by atoms with Gasteiger partial charge in [0.25, 0.3) is 0 Å². The van der Waals surface area contributed by atoms with Gasteiger partial charge in [-0.2, -0.15) is 0 Å². The summed E-state index contributed by atoms with van der Waals surface area (Å²) >= 11 is 0. The minimum absolute atomic E-state index is 0.230. The van der Waals surface area contributed by atoms with E-state index in [0.717, 1.165) is 0 Å². The third-order valence-electron chi connectivity index (χ3n) is 6.04. The zero-order chi connectivity index (χ0) is 29.0. The Balaban J connectivity index is 1.63. The molecule has 0 saturated carbocycles. The second kappa shape index (κ2) is 14.2. The van der Waals surface area contributed by atoms with Gasteiger partial charge in [-0.25, -0.2) is 19.2 Å². The van der Waals surface area contributed by atoms with Crippen LogP contribution >= 0.6 is 0 Å². The van der Waals surface area contributed by atoms with Gasteiger partial charge in [0, 0.05) is 0 Å². The molecule has 0 spiro atoms. The maximum absolute atomic E-state index is 13.1. The molecule has 4 aromatic rings. The normalized spacial score (nSPS) is 12.7. The highest BCUT2D eigenvalue weighted by Gasteiger charge is 2.37. The molecule has 8 nitrogen and oxygen atoms in total. The SMILES string of the molecule is CC(OC(=O)c1ccccc1)C(OC(=O)c1ccccc1)C(COC(=O)c1ccccc1)OC(=O)c1ccccc1. The fraction of sp³-hybridized carbons (Fsp3) is 0.152. The molecule has 208 valence electrons. The number of hydrogen-bond acceptors (Lipinski definition) is 8. The number of hydrogen-bond donors (Lipinski definition) is 0. The van der Waals surface area contributed by atoms with Crippen LogP contribution in [-0.4, -0.2) is 48.8 Å². The van der Waals surface area contributed by atoms with E-state index in [1.54, 1.807) is 121 Å². The van der Waals surface area contributed by atoms with E-state index in [-0.39, 0.29) is 22.3 Å². The van der Waals surface area contributed by atoms with Gasteiger partial charge in [0.2, 0.25) is 0 Å². The number of carbonyl (C=O) groups excluding carboxylic acids is 4. The minimum Gasteiger partial charge on any atom is -0.458 e. The summed E-state index contributed by atoms with van der Waals surface area (Å²) in [6.07, 6.45) is -3.78. The molecular weight excluding hydrogens is 524 g/mol. The van der Waals surface area contributed by atoms with E-state index in [1.807, 2.05) is 0 Å². The average molecular weight is 553 g/mol. The van der Waals surface area contributed by atoms with Crippen LogP contribution in [0.2, 0.25) is 0 Å². The van der Waals surface area contributed by atoms with E-state index in [0.29, 0.717) is 0 Å². The van der Waals surface area contributed by atoms with Gasteiger partial charge in [-0.3, -0.25) is 0 Å². The van der Waals surface area contributed by atoms with E-state index in [4.69, 9.17) is 18.9 Å². The van der Waals surface area contributed by atoms with Gasteiger partial charge in [0.05, 0.1) is 22.3 Å². The molecule has 41 heavy (non-hydrogen) atoms. The van der Waals surface area contributed by atoms with Crippen LogP contribution in [0.1, 0.15) is 48.4 Å².